The fourth-order valence-corrected chi connectivity index (χ4v) is 3.65. The Morgan fingerprint density at radius 3 is 2.73 bits per heavy atom. The van der Waals surface area contributed by atoms with E-state index in [2.05, 4.69) is 10.0 Å². The average molecular weight is 352 g/mol. The summed E-state index contributed by atoms with van der Waals surface area (Å²) in [7, 11) is -2.50. The molecule has 0 aliphatic carbocycles. The molecule has 0 radical (unpaired) electrons. The zero-order valence-corrected chi connectivity index (χ0v) is 13.6. The van der Waals surface area contributed by atoms with Gasteiger partial charge < -0.3 is 10.1 Å². The van der Waals surface area contributed by atoms with Crippen molar-refractivity contribution in [2.75, 3.05) is 20.2 Å². The number of hydrogen-bond acceptors (Lipinski definition) is 6. The van der Waals surface area contributed by atoms with Gasteiger partial charge in [-0.2, -0.15) is 0 Å². The summed E-state index contributed by atoms with van der Waals surface area (Å²) in [5.41, 5.74) is -0.217. The van der Waals surface area contributed by atoms with Crippen LogP contribution in [0.3, 0.4) is 0 Å². The quantitative estimate of drug-likeness (QED) is 0.606. The van der Waals surface area contributed by atoms with Crippen molar-refractivity contribution in [2.24, 2.45) is 0 Å². The van der Waals surface area contributed by atoms with E-state index < -0.39 is 14.9 Å². The SMILES string of the molecule is COc1cc([N+](=O)[O-])ccc1S(=O)(=O)N[C@H]1CCCNC1.Cl. The third-order valence-corrected chi connectivity index (χ3v) is 4.83. The lowest BCUT2D eigenvalue weighted by Crippen LogP contribution is -2.45. The largest absolute Gasteiger partial charge is 0.495 e. The van der Waals surface area contributed by atoms with E-state index >= 15 is 0 Å². The van der Waals surface area contributed by atoms with E-state index in [1.54, 1.807) is 0 Å². The van der Waals surface area contributed by atoms with Crippen molar-refractivity contribution >= 4 is 28.1 Å². The van der Waals surface area contributed by atoms with Gasteiger partial charge in [-0.25, -0.2) is 13.1 Å². The molecular weight excluding hydrogens is 334 g/mol. The number of nitrogens with zero attached hydrogens (tertiary/aromatic N) is 1. The Hall–Kier alpha value is -1.42. The normalized spacial score (nSPS) is 18.3. The molecule has 0 bridgehead atoms. The van der Waals surface area contributed by atoms with E-state index in [4.69, 9.17) is 4.74 Å². The highest BCUT2D eigenvalue weighted by molar-refractivity contribution is 7.89. The standard InChI is InChI=1S/C12H17N3O5S.ClH/c1-20-11-7-10(15(16)17)4-5-12(11)21(18,19)14-9-3-2-6-13-8-9;/h4-5,7,9,13-14H,2-3,6,8H2,1H3;1H/t9-;/m0./s1. The van der Waals surface area contributed by atoms with Crippen LogP contribution in [0.4, 0.5) is 5.69 Å². The molecule has 0 spiro atoms. The van der Waals surface area contributed by atoms with Gasteiger partial charge in [-0.05, 0) is 25.5 Å². The Morgan fingerprint density at radius 2 is 2.18 bits per heavy atom. The average Bonchev–Trinajstić information content (AvgIpc) is 2.47. The number of rotatable bonds is 5. The number of nitro groups is 1. The van der Waals surface area contributed by atoms with E-state index in [1.807, 2.05) is 0 Å². The molecule has 10 heteroatoms. The molecule has 124 valence electrons. The lowest BCUT2D eigenvalue weighted by molar-refractivity contribution is -0.385. The third kappa shape index (κ3) is 4.29. The van der Waals surface area contributed by atoms with Crippen molar-refractivity contribution in [3.63, 3.8) is 0 Å². The fraction of sp³-hybridized carbons (Fsp3) is 0.500. The minimum absolute atomic E-state index is 0. The van der Waals surface area contributed by atoms with E-state index in [9.17, 15) is 18.5 Å². The van der Waals surface area contributed by atoms with Gasteiger partial charge in [0.05, 0.1) is 18.1 Å². The van der Waals surface area contributed by atoms with Crippen molar-refractivity contribution in [3.8, 4) is 5.75 Å². The number of hydrogen-bond donors (Lipinski definition) is 2. The minimum atomic E-state index is -3.78. The van der Waals surface area contributed by atoms with Gasteiger partial charge in [-0.15, -0.1) is 12.4 Å². The summed E-state index contributed by atoms with van der Waals surface area (Å²) in [6.45, 7) is 1.44. The van der Waals surface area contributed by atoms with Crippen LogP contribution in [0.25, 0.3) is 0 Å². The third-order valence-electron chi connectivity index (χ3n) is 3.27. The molecule has 8 nitrogen and oxygen atoms in total. The molecule has 1 aliphatic heterocycles. The zero-order valence-electron chi connectivity index (χ0n) is 11.9. The molecule has 2 rings (SSSR count). The summed E-state index contributed by atoms with van der Waals surface area (Å²) < 4.78 is 32.3. The second-order valence-corrected chi connectivity index (χ2v) is 6.44. The molecule has 1 atom stereocenters. The molecule has 1 heterocycles. The topological polar surface area (TPSA) is 111 Å². The van der Waals surface area contributed by atoms with Crippen LogP contribution in [0.15, 0.2) is 23.1 Å². The minimum Gasteiger partial charge on any atom is -0.495 e. The van der Waals surface area contributed by atoms with E-state index in [1.165, 1.54) is 13.2 Å². The van der Waals surface area contributed by atoms with Gasteiger partial charge in [-0.3, -0.25) is 10.1 Å². The molecule has 1 aliphatic rings. The summed E-state index contributed by atoms with van der Waals surface area (Å²) in [6, 6.07) is 3.25. The number of piperidine rings is 1. The predicted octanol–water partition coefficient (Wildman–Crippen LogP) is 1.06. The first-order chi connectivity index (χ1) is 9.94. The van der Waals surface area contributed by atoms with Gasteiger partial charge in [0.25, 0.3) is 5.69 Å². The molecule has 22 heavy (non-hydrogen) atoms. The van der Waals surface area contributed by atoms with Crippen LogP contribution in [-0.4, -0.2) is 39.6 Å². The molecule has 1 aromatic rings. The van der Waals surface area contributed by atoms with Crippen LogP contribution in [0, 0.1) is 10.1 Å². The number of benzene rings is 1. The van der Waals surface area contributed by atoms with Gasteiger partial charge in [0, 0.05) is 18.7 Å². The summed E-state index contributed by atoms with van der Waals surface area (Å²) in [4.78, 5) is 10.0. The maximum Gasteiger partial charge on any atom is 0.273 e. The zero-order chi connectivity index (χ0) is 15.5. The van der Waals surface area contributed by atoms with Crippen LogP contribution in [0.1, 0.15) is 12.8 Å². The Balaban J connectivity index is 0.00000242. The molecule has 0 unspecified atom stereocenters. The van der Waals surface area contributed by atoms with Gasteiger partial charge >= 0.3 is 0 Å². The maximum atomic E-state index is 12.4. The summed E-state index contributed by atoms with van der Waals surface area (Å²) in [5.74, 6) is -0.0412. The van der Waals surface area contributed by atoms with Crippen molar-refractivity contribution in [1.29, 1.82) is 0 Å². The second-order valence-electron chi connectivity index (χ2n) is 4.76. The molecule has 0 aromatic heterocycles. The van der Waals surface area contributed by atoms with E-state index in [0.29, 0.717) is 6.54 Å². The van der Waals surface area contributed by atoms with Crippen LogP contribution in [-0.2, 0) is 10.0 Å². The lowest BCUT2D eigenvalue weighted by atomic mass is 10.1. The molecule has 1 aromatic carbocycles. The van der Waals surface area contributed by atoms with Crippen LogP contribution >= 0.6 is 12.4 Å². The monoisotopic (exact) mass is 351 g/mol. The fourth-order valence-electron chi connectivity index (χ4n) is 2.23. The van der Waals surface area contributed by atoms with E-state index in [-0.39, 0.29) is 34.8 Å². The maximum absolute atomic E-state index is 12.4. The van der Waals surface area contributed by atoms with Crippen molar-refractivity contribution in [2.45, 2.75) is 23.8 Å². The summed E-state index contributed by atoms with van der Waals surface area (Å²) >= 11 is 0. The first kappa shape index (κ1) is 18.6. The van der Waals surface area contributed by atoms with Gasteiger partial charge in [0.15, 0.2) is 0 Å². The van der Waals surface area contributed by atoms with Crippen LogP contribution < -0.4 is 14.8 Å². The first-order valence-corrected chi connectivity index (χ1v) is 7.98. The van der Waals surface area contributed by atoms with Crippen molar-refractivity contribution in [3.05, 3.63) is 28.3 Å². The van der Waals surface area contributed by atoms with E-state index in [0.717, 1.165) is 31.5 Å². The lowest BCUT2D eigenvalue weighted by Gasteiger charge is -2.24. The first-order valence-electron chi connectivity index (χ1n) is 6.49. The van der Waals surface area contributed by atoms with Crippen LogP contribution in [0.5, 0.6) is 5.75 Å². The molecule has 1 fully saturated rings. The number of methoxy groups -OCH3 is 1. The smallest absolute Gasteiger partial charge is 0.273 e. The Labute approximate surface area is 134 Å². The van der Waals surface area contributed by atoms with Gasteiger partial charge in [0.1, 0.15) is 10.6 Å². The number of sulfonamides is 1. The molecule has 0 amide bonds. The number of non-ortho nitro benzene ring substituents is 1. The highest BCUT2D eigenvalue weighted by atomic mass is 35.5. The molecule has 1 saturated heterocycles. The highest BCUT2D eigenvalue weighted by Crippen LogP contribution is 2.28. The van der Waals surface area contributed by atoms with Crippen molar-refractivity contribution in [1.82, 2.24) is 10.0 Å². The second kappa shape index (κ2) is 7.73. The summed E-state index contributed by atoms with van der Waals surface area (Å²) in [5, 5.41) is 13.8. The van der Waals surface area contributed by atoms with Gasteiger partial charge in [-0.1, -0.05) is 0 Å². The van der Waals surface area contributed by atoms with Crippen LogP contribution in [0.2, 0.25) is 0 Å². The number of halogens is 1. The molecule has 0 saturated carbocycles. The number of ether oxygens (including phenoxy) is 1. The molecule has 2 N–H and O–H groups in total. The summed E-state index contributed by atoms with van der Waals surface area (Å²) in [6.07, 6.45) is 1.64. The Kier molecular flexibility index (Phi) is 6.54. The highest BCUT2D eigenvalue weighted by Gasteiger charge is 2.26. The number of nitrogens with one attached hydrogen (secondary N) is 2. The van der Waals surface area contributed by atoms with Gasteiger partial charge in [0.2, 0.25) is 10.0 Å². The van der Waals surface area contributed by atoms with Crippen molar-refractivity contribution < 1.29 is 18.1 Å². The molecular formula is C12H18ClN3O5S. The Bertz CT molecular complexity index is 632. The predicted molar refractivity (Wildman–Crippen MR) is 83.1 cm³/mol. The Morgan fingerprint density at radius 1 is 1.45 bits per heavy atom. The number of nitro benzene ring substituents is 1.